The molecule has 0 aliphatic rings. The SMILES string of the molecule is CCOC(=O)Cc1cc(Br)ccc1C(=O)O. The Morgan fingerprint density at radius 1 is 1.44 bits per heavy atom. The second kappa shape index (κ2) is 5.65. The maximum absolute atomic E-state index is 11.3. The van der Waals surface area contributed by atoms with Gasteiger partial charge in [-0.05, 0) is 30.7 Å². The van der Waals surface area contributed by atoms with Crippen LogP contribution in [0, 0.1) is 0 Å². The van der Waals surface area contributed by atoms with Crippen LogP contribution in [0.3, 0.4) is 0 Å². The second-order valence-electron chi connectivity index (χ2n) is 3.09. The van der Waals surface area contributed by atoms with E-state index in [4.69, 9.17) is 9.84 Å². The van der Waals surface area contributed by atoms with E-state index >= 15 is 0 Å². The highest BCUT2D eigenvalue weighted by Crippen LogP contribution is 2.17. The maximum atomic E-state index is 11.3. The van der Waals surface area contributed by atoms with Gasteiger partial charge in [-0.3, -0.25) is 4.79 Å². The Morgan fingerprint density at radius 2 is 2.12 bits per heavy atom. The number of esters is 1. The lowest BCUT2D eigenvalue weighted by Gasteiger charge is -2.06. The molecular weight excluding hydrogens is 276 g/mol. The molecule has 0 atom stereocenters. The Bertz CT molecular complexity index is 414. The number of benzene rings is 1. The summed E-state index contributed by atoms with van der Waals surface area (Å²) >= 11 is 3.23. The zero-order chi connectivity index (χ0) is 12.1. The minimum absolute atomic E-state index is 0.0328. The van der Waals surface area contributed by atoms with E-state index in [1.807, 2.05) is 0 Å². The van der Waals surface area contributed by atoms with Gasteiger partial charge in [-0.1, -0.05) is 15.9 Å². The maximum Gasteiger partial charge on any atom is 0.335 e. The fourth-order valence-corrected chi connectivity index (χ4v) is 1.69. The van der Waals surface area contributed by atoms with Gasteiger partial charge in [-0.15, -0.1) is 0 Å². The third-order valence-electron chi connectivity index (χ3n) is 1.94. The van der Waals surface area contributed by atoms with Crippen molar-refractivity contribution in [3.63, 3.8) is 0 Å². The van der Waals surface area contributed by atoms with E-state index in [2.05, 4.69) is 15.9 Å². The summed E-state index contributed by atoms with van der Waals surface area (Å²) in [6, 6.07) is 4.69. The molecule has 0 aliphatic heterocycles. The largest absolute Gasteiger partial charge is 0.478 e. The Labute approximate surface area is 101 Å². The second-order valence-corrected chi connectivity index (χ2v) is 4.00. The summed E-state index contributed by atoms with van der Waals surface area (Å²) < 4.78 is 5.51. The van der Waals surface area contributed by atoms with Gasteiger partial charge >= 0.3 is 11.9 Å². The highest BCUT2D eigenvalue weighted by atomic mass is 79.9. The molecule has 0 amide bonds. The van der Waals surface area contributed by atoms with Crippen LogP contribution in [0.5, 0.6) is 0 Å². The number of aromatic carboxylic acids is 1. The average molecular weight is 287 g/mol. The van der Waals surface area contributed by atoms with Gasteiger partial charge in [0, 0.05) is 4.47 Å². The lowest BCUT2D eigenvalue weighted by molar-refractivity contribution is -0.142. The molecule has 0 aliphatic carbocycles. The number of halogens is 1. The van der Waals surface area contributed by atoms with Crippen LogP contribution in [0.1, 0.15) is 22.8 Å². The number of ether oxygens (including phenoxy) is 1. The summed E-state index contributed by atoms with van der Waals surface area (Å²) in [5.41, 5.74) is 0.566. The van der Waals surface area contributed by atoms with Gasteiger partial charge in [0.15, 0.2) is 0 Å². The van der Waals surface area contributed by atoms with Crippen molar-refractivity contribution >= 4 is 27.9 Å². The molecule has 0 aromatic heterocycles. The number of hydrogen-bond donors (Lipinski definition) is 1. The first-order valence-electron chi connectivity index (χ1n) is 4.72. The Kier molecular flexibility index (Phi) is 4.49. The molecule has 0 fully saturated rings. The topological polar surface area (TPSA) is 63.6 Å². The van der Waals surface area contributed by atoms with Crippen molar-refractivity contribution in [2.75, 3.05) is 6.61 Å². The van der Waals surface area contributed by atoms with E-state index in [-0.39, 0.29) is 18.6 Å². The van der Waals surface area contributed by atoms with Crippen molar-refractivity contribution in [2.24, 2.45) is 0 Å². The Morgan fingerprint density at radius 3 is 2.69 bits per heavy atom. The van der Waals surface area contributed by atoms with Crippen LogP contribution >= 0.6 is 15.9 Å². The fraction of sp³-hybridized carbons (Fsp3) is 0.273. The van der Waals surface area contributed by atoms with Crippen molar-refractivity contribution in [2.45, 2.75) is 13.3 Å². The molecule has 1 N–H and O–H groups in total. The Hall–Kier alpha value is -1.36. The number of carbonyl (C=O) groups is 2. The standard InChI is InChI=1S/C11H11BrO4/c1-2-16-10(13)6-7-5-8(12)3-4-9(7)11(14)15/h3-5H,2,6H2,1H3,(H,14,15). The molecule has 0 spiro atoms. The molecule has 0 bridgehead atoms. The van der Waals surface area contributed by atoms with Crippen LogP contribution in [0.2, 0.25) is 0 Å². The zero-order valence-corrected chi connectivity index (χ0v) is 10.3. The zero-order valence-electron chi connectivity index (χ0n) is 8.70. The lowest BCUT2D eigenvalue weighted by atomic mass is 10.1. The van der Waals surface area contributed by atoms with Crippen molar-refractivity contribution < 1.29 is 19.4 Å². The normalized spacial score (nSPS) is 9.88. The van der Waals surface area contributed by atoms with E-state index < -0.39 is 11.9 Å². The smallest absolute Gasteiger partial charge is 0.335 e. The van der Waals surface area contributed by atoms with Crippen molar-refractivity contribution in [3.05, 3.63) is 33.8 Å². The first-order chi connectivity index (χ1) is 7.54. The number of carboxylic acids is 1. The molecule has 0 saturated carbocycles. The van der Waals surface area contributed by atoms with Crippen molar-refractivity contribution in [1.29, 1.82) is 0 Å². The van der Waals surface area contributed by atoms with Gasteiger partial charge in [-0.2, -0.15) is 0 Å². The summed E-state index contributed by atoms with van der Waals surface area (Å²) in [6.45, 7) is 1.99. The summed E-state index contributed by atoms with van der Waals surface area (Å²) in [4.78, 5) is 22.2. The molecular formula is C11H11BrO4. The van der Waals surface area contributed by atoms with E-state index in [0.29, 0.717) is 5.56 Å². The first kappa shape index (κ1) is 12.7. The van der Waals surface area contributed by atoms with Gasteiger partial charge in [0.25, 0.3) is 0 Å². The van der Waals surface area contributed by atoms with Crippen LogP contribution < -0.4 is 0 Å². The molecule has 0 radical (unpaired) electrons. The van der Waals surface area contributed by atoms with Gasteiger partial charge in [0.05, 0.1) is 18.6 Å². The molecule has 1 rings (SSSR count). The van der Waals surface area contributed by atoms with Gasteiger partial charge in [0.1, 0.15) is 0 Å². The number of hydrogen-bond acceptors (Lipinski definition) is 3. The summed E-state index contributed by atoms with van der Waals surface area (Å²) in [6.07, 6.45) is -0.0328. The highest BCUT2D eigenvalue weighted by molar-refractivity contribution is 9.10. The number of rotatable bonds is 4. The molecule has 0 unspecified atom stereocenters. The third kappa shape index (κ3) is 3.34. The third-order valence-corrected chi connectivity index (χ3v) is 2.43. The van der Waals surface area contributed by atoms with Crippen molar-refractivity contribution in [3.8, 4) is 0 Å². The minimum atomic E-state index is -1.05. The molecule has 86 valence electrons. The van der Waals surface area contributed by atoms with E-state index in [0.717, 1.165) is 4.47 Å². The highest BCUT2D eigenvalue weighted by Gasteiger charge is 2.13. The monoisotopic (exact) mass is 286 g/mol. The van der Waals surface area contributed by atoms with Crippen molar-refractivity contribution in [1.82, 2.24) is 0 Å². The molecule has 1 aromatic rings. The predicted molar refractivity (Wildman–Crippen MR) is 61.4 cm³/mol. The molecule has 0 saturated heterocycles. The molecule has 1 aromatic carbocycles. The molecule has 4 nitrogen and oxygen atoms in total. The van der Waals surface area contributed by atoms with Gasteiger partial charge < -0.3 is 9.84 Å². The minimum Gasteiger partial charge on any atom is -0.478 e. The molecule has 5 heteroatoms. The van der Waals surface area contributed by atoms with E-state index in [1.165, 1.54) is 6.07 Å². The fourth-order valence-electron chi connectivity index (χ4n) is 1.28. The van der Waals surface area contributed by atoms with Crippen LogP contribution in [-0.2, 0) is 16.0 Å². The van der Waals surface area contributed by atoms with Crippen LogP contribution in [0.4, 0.5) is 0 Å². The van der Waals surface area contributed by atoms with Crippen LogP contribution in [-0.4, -0.2) is 23.7 Å². The summed E-state index contributed by atoms with van der Waals surface area (Å²) in [5.74, 6) is -1.48. The number of carbonyl (C=O) groups excluding carboxylic acids is 1. The summed E-state index contributed by atoms with van der Waals surface area (Å²) in [5, 5.41) is 8.93. The van der Waals surface area contributed by atoms with E-state index in [1.54, 1.807) is 19.1 Å². The summed E-state index contributed by atoms with van der Waals surface area (Å²) in [7, 11) is 0. The lowest BCUT2D eigenvalue weighted by Crippen LogP contribution is -2.11. The van der Waals surface area contributed by atoms with Crippen LogP contribution in [0.25, 0.3) is 0 Å². The average Bonchev–Trinajstić information content (AvgIpc) is 2.17. The molecule has 16 heavy (non-hydrogen) atoms. The van der Waals surface area contributed by atoms with Gasteiger partial charge in [-0.25, -0.2) is 4.79 Å². The number of carboxylic acid groups (broad SMARTS) is 1. The molecule has 0 heterocycles. The van der Waals surface area contributed by atoms with Crippen LogP contribution in [0.15, 0.2) is 22.7 Å². The van der Waals surface area contributed by atoms with E-state index in [9.17, 15) is 9.59 Å². The van der Waals surface area contributed by atoms with Gasteiger partial charge in [0.2, 0.25) is 0 Å². The Balaban J connectivity index is 2.96. The first-order valence-corrected chi connectivity index (χ1v) is 5.51. The predicted octanol–water partition coefficient (Wildman–Crippen LogP) is 2.25. The quantitative estimate of drug-likeness (QED) is 0.863.